The molecular formula is C9H7Cl2N. The molecule has 0 spiro atoms. The maximum atomic E-state index is 8.58. The molecule has 0 aliphatic carbocycles. The Hall–Kier alpha value is -0.710. The highest BCUT2D eigenvalue weighted by molar-refractivity contribution is 6.36. The van der Waals surface area contributed by atoms with Gasteiger partial charge in [-0.1, -0.05) is 30.1 Å². The topological polar surface area (TPSA) is 23.8 Å². The molecule has 0 aliphatic heterocycles. The van der Waals surface area contributed by atoms with E-state index in [4.69, 9.17) is 28.5 Å². The molecule has 0 bridgehead atoms. The van der Waals surface area contributed by atoms with Gasteiger partial charge in [-0.05, 0) is 24.1 Å². The molecule has 1 aromatic rings. The number of nitriles is 1. The van der Waals surface area contributed by atoms with Crippen LogP contribution < -0.4 is 0 Å². The van der Waals surface area contributed by atoms with Crippen molar-refractivity contribution in [3.8, 4) is 6.07 Å². The van der Waals surface area contributed by atoms with Gasteiger partial charge in [0.25, 0.3) is 0 Å². The Balaban J connectivity index is 3.30. The van der Waals surface area contributed by atoms with Gasteiger partial charge in [0.15, 0.2) is 0 Å². The minimum Gasteiger partial charge on any atom is -0.192 e. The third kappa shape index (κ3) is 1.72. The Morgan fingerprint density at radius 2 is 1.83 bits per heavy atom. The lowest BCUT2D eigenvalue weighted by Gasteiger charge is -2.03. The van der Waals surface area contributed by atoms with E-state index >= 15 is 0 Å². The van der Waals surface area contributed by atoms with Gasteiger partial charge in [-0.15, -0.1) is 0 Å². The van der Waals surface area contributed by atoms with Crippen LogP contribution in [-0.2, 0) is 6.42 Å². The minimum atomic E-state index is 0.502. The lowest BCUT2D eigenvalue weighted by atomic mass is 10.1. The van der Waals surface area contributed by atoms with Gasteiger partial charge in [0, 0.05) is 10.0 Å². The van der Waals surface area contributed by atoms with E-state index in [1.807, 2.05) is 13.0 Å². The number of hydrogen-bond acceptors (Lipinski definition) is 1. The summed E-state index contributed by atoms with van der Waals surface area (Å²) in [7, 11) is 0. The largest absolute Gasteiger partial charge is 0.192 e. The summed E-state index contributed by atoms with van der Waals surface area (Å²) in [6, 6.07) is 5.25. The van der Waals surface area contributed by atoms with Crippen LogP contribution >= 0.6 is 23.2 Å². The summed E-state index contributed by atoms with van der Waals surface area (Å²) >= 11 is 11.8. The first-order chi connectivity index (χ1) is 5.69. The van der Waals surface area contributed by atoms with Gasteiger partial charge in [-0.25, -0.2) is 0 Å². The van der Waals surface area contributed by atoms with Gasteiger partial charge < -0.3 is 0 Å². The quantitative estimate of drug-likeness (QED) is 0.681. The van der Waals surface area contributed by atoms with Crippen LogP contribution in [0.4, 0.5) is 0 Å². The van der Waals surface area contributed by atoms with Gasteiger partial charge >= 0.3 is 0 Å². The molecular weight excluding hydrogens is 193 g/mol. The van der Waals surface area contributed by atoms with E-state index in [1.165, 1.54) is 0 Å². The first-order valence-corrected chi connectivity index (χ1v) is 4.32. The summed E-state index contributed by atoms with van der Waals surface area (Å²) in [4.78, 5) is 0. The molecule has 0 unspecified atom stereocenters. The van der Waals surface area contributed by atoms with Crippen molar-refractivity contribution < 1.29 is 0 Å². The molecule has 0 amide bonds. The molecule has 0 atom stereocenters. The number of rotatable bonds is 1. The predicted molar refractivity (Wildman–Crippen MR) is 50.6 cm³/mol. The van der Waals surface area contributed by atoms with Crippen molar-refractivity contribution in [3.05, 3.63) is 33.3 Å². The molecule has 0 aromatic heterocycles. The average Bonchev–Trinajstić information content (AvgIpc) is 2.03. The zero-order valence-corrected chi connectivity index (χ0v) is 8.08. The summed E-state index contributed by atoms with van der Waals surface area (Å²) in [5, 5.41) is 9.72. The van der Waals surface area contributed by atoms with Gasteiger partial charge in [-0.2, -0.15) is 5.26 Å². The molecule has 0 fully saturated rings. The summed E-state index contributed by atoms with van der Waals surface area (Å²) in [5.74, 6) is 0. The van der Waals surface area contributed by atoms with E-state index in [2.05, 4.69) is 0 Å². The Morgan fingerprint density at radius 3 is 2.17 bits per heavy atom. The third-order valence-corrected chi connectivity index (χ3v) is 2.30. The van der Waals surface area contributed by atoms with Gasteiger partial charge in [-0.3, -0.25) is 0 Å². The normalized spacial score (nSPS) is 9.50. The van der Waals surface area contributed by atoms with Crippen LogP contribution in [0.1, 0.15) is 18.1 Å². The molecule has 1 aromatic carbocycles. The molecule has 0 saturated heterocycles. The minimum absolute atomic E-state index is 0.502. The first-order valence-electron chi connectivity index (χ1n) is 3.57. The molecule has 0 heterocycles. The van der Waals surface area contributed by atoms with Crippen molar-refractivity contribution in [2.75, 3.05) is 0 Å². The van der Waals surface area contributed by atoms with Crippen molar-refractivity contribution in [1.82, 2.24) is 0 Å². The second-order valence-electron chi connectivity index (χ2n) is 2.38. The lowest BCUT2D eigenvalue weighted by Crippen LogP contribution is -1.86. The van der Waals surface area contributed by atoms with E-state index in [-0.39, 0.29) is 0 Å². The Bertz CT molecular complexity index is 316. The Morgan fingerprint density at radius 1 is 1.33 bits per heavy atom. The van der Waals surface area contributed by atoms with Gasteiger partial charge in [0.2, 0.25) is 0 Å². The second kappa shape index (κ2) is 3.80. The highest BCUT2D eigenvalue weighted by atomic mass is 35.5. The van der Waals surface area contributed by atoms with Crippen LogP contribution in [-0.4, -0.2) is 0 Å². The monoisotopic (exact) mass is 199 g/mol. The average molecular weight is 200 g/mol. The molecule has 1 rings (SSSR count). The highest BCUT2D eigenvalue weighted by Gasteiger charge is 2.05. The number of benzene rings is 1. The summed E-state index contributed by atoms with van der Waals surface area (Å²) in [5.41, 5.74) is 1.40. The maximum Gasteiger partial charge on any atom is 0.0992 e. The van der Waals surface area contributed by atoms with Crippen molar-refractivity contribution in [2.24, 2.45) is 0 Å². The van der Waals surface area contributed by atoms with E-state index in [0.29, 0.717) is 15.6 Å². The number of halogens is 2. The standard InChI is InChI=1S/C9H7Cl2N/c1-2-7-8(10)3-6(5-12)4-9(7)11/h3-4H,2H2,1H3. The van der Waals surface area contributed by atoms with Crippen LogP contribution in [0.15, 0.2) is 12.1 Å². The second-order valence-corrected chi connectivity index (χ2v) is 3.20. The van der Waals surface area contributed by atoms with Crippen LogP contribution in [0.3, 0.4) is 0 Å². The van der Waals surface area contributed by atoms with Crippen LogP contribution in [0.5, 0.6) is 0 Å². The fraction of sp³-hybridized carbons (Fsp3) is 0.222. The van der Waals surface area contributed by atoms with E-state index in [0.717, 1.165) is 12.0 Å². The molecule has 0 N–H and O–H groups in total. The zero-order valence-electron chi connectivity index (χ0n) is 6.56. The van der Waals surface area contributed by atoms with E-state index in [9.17, 15) is 0 Å². The van der Waals surface area contributed by atoms with Crippen LogP contribution in [0, 0.1) is 11.3 Å². The molecule has 0 radical (unpaired) electrons. The number of nitrogens with zero attached hydrogens (tertiary/aromatic N) is 1. The highest BCUT2D eigenvalue weighted by Crippen LogP contribution is 2.26. The maximum absolute atomic E-state index is 8.58. The SMILES string of the molecule is CCc1c(Cl)cc(C#N)cc1Cl. The smallest absolute Gasteiger partial charge is 0.0992 e. The van der Waals surface area contributed by atoms with E-state index < -0.39 is 0 Å². The fourth-order valence-corrected chi connectivity index (χ4v) is 1.76. The molecule has 62 valence electrons. The van der Waals surface area contributed by atoms with Crippen molar-refractivity contribution in [1.29, 1.82) is 5.26 Å². The number of hydrogen-bond donors (Lipinski definition) is 0. The molecule has 12 heavy (non-hydrogen) atoms. The first kappa shape index (κ1) is 9.38. The molecule has 3 heteroatoms. The molecule has 0 saturated carbocycles. The lowest BCUT2D eigenvalue weighted by molar-refractivity contribution is 1.14. The van der Waals surface area contributed by atoms with Crippen molar-refractivity contribution in [2.45, 2.75) is 13.3 Å². The van der Waals surface area contributed by atoms with Crippen LogP contribution in [0.2, 0.25) is 10.0 Å². The third-order valence-electron chi connectivity index (χ3n) is 1.62. The zero-order chi connectivity index (χ0) is 9.14. The fourth-order valence-electron chi connectivity index (χ4n) is 1.01. The Labute approximate surface area is 81.5 Å². The molecule has 0 aliphatic rings. The van der Waals surface area contributed by atoms with Crippen molar-refractivity contribution >= 4 is 23.2 Å². The Kier molecular flexibility index (Phi) is 2.97. The summed E-state index contributed by atoms with van der Waals surface area (Å²) in [6.07, 6.45) is 0.781. The van der Waals surface area contributed by atoms with E-state index in [1.54, 1.807) is 12.1 Å². The van der Waals surface area contributed by atoms with Gasteiger partial charge in [0.05, 0.1) is 11.6 Å². The summed E-state index contributed by atoms with van der Waals surface area (Å²) in [6.45, 7) is 1.97. The summed E-state index contributed by atoms with van der Waals surface area (Å²) < 4.78 is 0. The van der Waals surface area contributed by atoms with Crippen LogP contribution in [0.25, 0.3) is 0 Å². The predicted octanol–water partition coefficient (Wildman–Crippen LogP) is 3.43. The van der Waals surface area contributed by atoms with Crippen molar-refractivity contribution in [3.63, 3.8) is 0 Å². The molecule has 1 nitrogen and oxygen atoms in total. The van der Waals surface area contributed by atoms with Gasteiger partial charge in [0.1, 0.15) is 0 Å².